The van der Waals surface area contributed by atoms with E-state index in [1.165, 1.54) is 6.20 Å². The fourth-order valence-corrected chi connectivity index (χ4v) is 3.10. The van der Waals surface area contributed by atoms with E-state index in [1.54, 1.807) is 24.0 Å². The van der Waals surface area contributed by atoms with Crippen molar-refractivity contribution in [2.75, 3.05) is 39.1 Å². The van der Waals surface area contributed by atoms with Crippen molar-refractivity contribution in [1.29, 1.82) is 5.26 Å². The van der Waals surface area contributed by atoms with Gasteiger partial charge in [-0.25, -0.2) is 9.50 Å². The zero-order chi connectivity index (χ0) is 20.8. The second-order valence-corrected chi connectivity index (χ2v) is 6.55. The molecule has 0 saturated heterocycles. The first-order chi connectivity index (χ1) is 14.1. The lowest BCUT2D eigenvalue weighted by atomic mass is 10.0. The summed E-state index contributed by atoms with van der Waals surface area (Å²) in [4.78, 5) is 10.8. The van der Waals surface area contributed by atoms with Gasteiger partial charge in [0.25, 0.3) is 0 Å². The number of nitriles is 1. The number of allylic oxidation sites excluding steroid dienone is 1. The monoisotopic (exact) mass is 388 g/mol. The molecule has 0 atom stereocenters. The summed E-state index contributed by atoms with van der Waals surface area (Å²) in [6.07, 6.45) is 8.42. The van der Waals surface area contributed by atoms with Gasteiger partial charge in [0, 0.05) is 74.3 Å². The average molecular weight is 388 g/mol. The van der Waals surface area contributed by atoms with E-state index in [2.05, 4.69) is 31.4 Å². The SMILES string of the molecule is CN=CC(=CN)c1cc(-c2ccc(N(C)CCNC)nc2)c2c(C#N)cnn2c1. The van der Waals surface area contributed by atoms with E-state index in [0.717, 1.165) is 46.7 Å². The van der Waals surface area contributed by atoms with Crippen molar-refractivity contribution in [3.63, 3.8) is 0 Å². The van der Waals surface area contributed by atoms with Gasteiger partial charge in [-0.05, 0) is 25.2 Å². The summed E-state index contributed by atoms with van der Waals surface area (Å²) in [6, 6.07) is 8.18. The van der Waals surface area contributed by atoms with E-state index < -0.39 is 0 Å². The van der Waals surface area contributed by atoms with Gasteiger partial charge in [0.15, 0.2) is 0 Å². The van der Waals surface area contributed by atoms with Crippen LogP contribution in [0.15, 0.2) is 48.0 Å². The summed E-state index contributed by atoms with van der Waals surface area (Å²) in [5, 5.41) is 17.0. The van der Waals surface area contributed by atoms with Crippen LogP contribution in [-0.4, -0.2) is 55.0 Å². The topological polar surface area (TPSA) is 108 Å². The van der Waals surface area contributed by atoms with Gasteiger partial charge in [0.1, 0.15) is 11.9 Å². The summed E-state index contributed by atoms with van der Waals surface area (Å²) in [6.45, 7) is 1.72. The van der Waals surface area contributed by atoms with Crippen molar-refractivity contribution in [3.8, 4) is 17.2 Å². The molecule has 0 aromatic carbocycles. The quantitative estimate of drug-likeness (QED) is 0.599. The maximum Gasteiger partial charge on any atom is 0.128 e. The molecule has 29 heavy (non-hydrogen) atoms. The molecule has 8 nitrogen and oxygen atoms in total. The van der Waals surface area contributed by atoms with E-state index in [0.29, 0.717) is 5.56 Å². The predicted octanol–water partition coefficient (Wildman–Crippen LogP) is 1.92. The molecule has 3 heterocycles. The maximum atomic E-state index is 9.52. The number of fused-ring (bicyclic) bond motifs is 1. The van der Waals surface area contributed by atoms with Gasteiger partial charge < -0.3 is 16.0 Å². The molecule has 0 radical (unpaired) electrons. The second-order valence-electron chi connectivity index (χ2n) is 6.55. The minimum Gasteiger partial charge on any atom is -0.404 e. The van der Waals surface area contributed by atoms with Crippen molar-refractivity contribution in [3.05, 3.63) is 54.1 Å². The van der Waals surface area contributed by atoms with Gasteiger partial charge in [-0.3, -0.25) is 4.99 Å². The number of nitrogens with zero attached hydrogens (tertiary/aromatic N) is 6. The van der Waals surface area contributed by atoms with Gasteiger partial charge in [0.2, 0.25) is 0 Å². The molecule has 0 saturated carbocycles. The number of rotatable bonds is 7. The highest BCUT2D eigenvalue weighted by Crippen LogP contribution is 2.30. The predicted molar refractivity (Wildman–Crippen MR) is 117 cm³/mol. The molecule has 0 bridgehead atoms. The van der Waals surface area contributed by atoms with E-state index in [9.17, 15) is 5.26 Å². The van der Waals surface area contributed by atoms with Crippen molar-refractivity contribution in [1.82, 2.24) is 19.9 Å². The van der Waals surface area contributed by atoms with Crippen LogP contribution in [-0.2, 0) is 0 Å². The standard InChI is InChI=1S/C21H24N8/c1-24-6-7-28(3)20-5-4-15(12-26-20)19-8-16(17(9-22)11-25-2)14-29-21(19)18(10-23)13-27-29/h4-5,8-9,11-14,24H,6-7,22H2,1-3H3. The third kappa shape index (κ3) is 4.10. The smallest absolute Gasteiger partial charge is 0.128 e. The van der Waals surface area contributed by atoms with E-state index in [-0.39, 0.29) is 0 Å². The molecule has 0 aliphatic rings. The molecule has 0 amide bonds. The Kier molecular flexibility index (Phi) is 6.22. The highest BCUT2D eigenvalue weighted by Gasteiger charge is 2.15. The van der Waals surface area contributed by atoms with Crippen LogP contribution in [0.4, 0.5) is 5.82 Å². The van der Waals surface area contributed by atoms with Gasteiger partial charge in [-0.15, -0.1) is 0 Å². The Morgan fingerprint density at radius 1 is 1.41 bits per heavy atom. The largest absolute Gasteiger partial charge is 0.404 e. The van der Waals surface area contributed by atoms with Crippen LogP contribution < -0.4 is 16.0 Å². The Morgan fingerprint density at radius 3 is 2.86 bits per heavy atom. The van der Waals surface area contributed by atoms with E-state index in [1.807, 2.05) is 44.7 Å². The van der Waals surface area contributed by atoms with Crippen LogP contribution in [0, 0.1) is 11.3 Å². The maximum absolute atomic E-state index is 9.52. The summed E-state index contributed by atoms with van der Waals surface area (Å²) >= 11 is 0. The Hall–Kier alpha value is -3.70. The normalized spacial score (nSPS) is 11.9. The molecule has 3 aromatic rings. The molecule has 0 spiro atoms. The Bertz CT molecular complexity index is 1090. The number of hydrogen-bond acceptors (Lipinski definition) is 7. The number of hydrogen-bond donors (Lipinski definition) is 2. The van der Waals surface area contributed by atoms with Crippen LogP contribution in [0.2, 0.25) is 0 Å². The Balaban J connectivity index is 2.12. The highest BCUT2D eigenvalue weighted by atomic mass is 15.2. The lowest BCUT2D eigenvalue weighted by molar-refractivity contribution is 0.761. The lowest BCUT2D eigenvalue weighted by Crippen LogP contribution is -2.27. The molecular weight excluding hydrogens is 364 g/mol. The van der Waals surface area contributed by atoms with E-state index >= 15 is 0 Å². The van der Waals surface area contributed by atoms with Crippen LogP contribution in [0.3, 0.4) is 0 Å². The number of anilines is 1. The van der Waals surface area contributed by atoms with Crippen LogP contribution in [0.1, 0.15) is 11.1 Å². The van der Waals surface area contributed by atoms with Crippen LogP contribution in [0.25, 0.3) is 22.2 Å². The fourth-order valence-electron chi connectivity index (χ4n) is 3.10. The zero-order valence-corrected chi connectivity index (χ0v) is 16.8. The molecule has 3 rings (SSSR count). The molecule has 3 N–H and O–H groups in total. The number of nitrogens with one attached hydrogen (secondary N) is 1. The summed E-state index contributed by atoms with van der Waals surface area (Å²) < 4.78 is 1.70. The van der Waals surface area contributed by atoms with Gasteiger partial charge in [0.05, 0.1) is 17.3 Å². The molecule has 8 heteroatoms. The average Bonchev–Trinajstić information content (AvgIpc) is 3.18. The highest BCUT2D eigenvalue weighted by molar-refractivity contribution is 6.10. The van der Waals surface area contributed by atoms with Crippen molar-refractivity contribution in [2.45, 2.75) is 0 Å². The minimum atomic E-state index is 0.504. The molecular formula is C21H24N8. The van der Waals surface area contributed by atoms with Crippen LogP contribution in [0.5, 0.6) is 0 Å². The number of nitrogens with two attached hydrogens (primary N) is 1. The molecule has 148 valence electrons. The molecule has 3 aromatic heterocycles. The third-order valence-corrected chi connectivity index (χ3v) is 4.66. The van der Waals surface area contributed by atoms with Gasteiger partial charge in [-0.2, -0.15) is 10.4 Å². The summed E-state index contributed by atoms with van der Waals surface area (Å²) in [5.41, 5.74) is 10.4. The number of pyridine rings is 2. The minimum absolute atomic E-state index is 0.504. The van der Waals surface area contributed by atoms with Gasteiger partial charge in [-0.1, -0.05) is 0 Å². The first-order valence-corrected chi connectivity index (χ1v) is 9.21. The molecule has 0 aliphatic heterocycles. The van der Waals surface area contributed by atoms with Crippen molar-refractivity contribution < 1.29 is 0 Å². The fraction of sp³-hybridized carbons (Fsp3) is 0.238. The first-order valence-electron chi connectivity index (χ1n) is 9.21. The zero-order valence-electron chi connectivity index (χ0n) is 16.8. The van der Waals surface area contributed by atoms with Crippen molar-refractivity contribution >= 4 is 23.1 Å². The summed E-state index contributed by atoms with van der Waals surface area (Å²) in [5.74, 6) is 0.880. The second kappa shape index (κ2) is 8.99. The summed E-state index contributed by atoms with van der Waals surface area (Å²) in [7, 11) is 5.62. The number of aliphatic imine (C=N–C) groups is 1. The Morgan fingerprint density at radius 2 is 2.24 bits per heavy atom. The molecule has 0 aliphatic carbocycles. The van der Waals surface area contributed by atoms with Gasteiger partial charge >= 0.3 is 0 Å². The number of likely N-dealkylation sites (N-methyl/N-ethyl adjacent to an activating group) is 2. The third-order valence-electron chi connectivity index (χ3n) is 4.66. The first kappa shape index (κ1) is 20.0. The van der Waals surface area contributed by atoms with Crippen molar-refractivity contribution in [2.24, 2.45) is 10.7 Å². The Labute approximate surface area is 170 Å². The lowest BCUT2D eigenvalue weighted by Gasteiger charge is -2.18. The van der Waals surface area contributed by atoms with E-state index in [4.69, 9.17) is 5.73 Å². The molecule has 0 unspecified atom stereocenters. The molecule has 0 fully saturated rings. The number of aromatic nitrogens is 3. The van der Waals surface area contributed by atoms with Crippen LogP contribution >= 0.6 is 0 Å².